The molecule has 0 aliphatic rings. The van der Waals surface area contributed by atoms with Gasteiger partial charge >= 0.3 is 11.9 Å². The topological polar surface area (TPSA) is 149 Å². The summed E-state index contributed by atoms with van der Waals surface area (Å²) >= 11 is 2.62. The molecule has 2 aromatic carbocycles. The summed E-state index contributed by atoms with van der Waals surface area (Å²) in [5, 5.41) is 31.1. The van der Waals surface area contributed by atoms with Crippen molar-refractivity contribution in [2.75, 3.05) is 34.0 Å². The Bertz CT molecular complexity index is 1600. The first-order chi connectivity index (χ1) is 20.6. The largest absolute Gasteiger partial charge is 0.493 e. The van der Waals surface area contributed by atoms with Crippen molar-refractivity contribution in [2.24, 2.45) is 5.92 Å². The van der Waals surface area contributed by atoms with E-state index in [1.807, 2.05) is 24.3 Å². The lowest BCUT2D eigenvalue weighted by Gasteiger charge is -2.16. The number of carbonyl (C=O) groups excluding carboxylic acids is 1. The van der Waals surface area contributed by atoms with Crippen LogP contribution in [0.15, 0.2) is 43.0 Å². The van der Waals surface area contributed by atoms with Crippen LogP contribution in [-0.4, -0.2) is 67.1 Å². The molecule has 228 valence electrons. The van der Waals surface area contributed by atoms with E-state index in [1.54, 1.807) is 32.4 Å². The lowest BCUT2D eigenvalue weighted by Crippen LogP contribution is -2.23. The summed E-state index contributed by atoms with van der Waals surface area (Å²) in [4.78, 5) is 36.2. The molecule has 43 heavy (non-hydrogen) atoms. The molecule has 0 radical (unpaired) electrons. The molecule has 0 aliphatic carbocycles. The fourth-order valence-corrected chi connectivity index (χ4v) is 6.58. The Morgan fingerprint density at radius 1 is 0.884 bits per heavy atom. The normalized spacial score (nSPS) is 12.6. The molecule has 0 saturated carbocycles. The van der Waals surface area contributed by atoms with Gasteiger partial charge in [0.05, 0.1) is 50.8 Å². The first-order valence-corrected chi connectivity index (χ1v) is 15.0. The summed E-state index contributed by atoms with van der Waals surface area (Å²) in [6.45, 7) is 3.96. The first kappa shape index (κ1) is 32.0. The number of Topliss-reactive ketones (excluding diaryl/α,β-unsaturated/α-hetero) is 1. The highest BCUT2D eigenvalue weighted by molar-refractivity contribution is 7.21. The average Bonchev–Trinajstić information content (AvgIpc) is 3.61. The lowest BCUT2D eigenvalue weighted by atomic mass is 10.0. The minimum Gasteiger partial charge on any atom is -0.493 e. The zero-order valence-corrected chi connectivity index (χ0v) is 25.3. The van der Waals surface area contributed by atoms with E-state index in [0.29, 0.717) is 32.6 Å². The second-order valence-electron chi connectivity index (χ2n) is 9.66. The third kappa shape index (κ3) is 7.90. The number of benzene rings is 2. The number of fused-ring (bicyclic) bond motifs is 2. The van der Waals surface area contributed by atoms with Crippen LogP contribution in [0.2, 0.25) is 0 Å². The number of aliphatic hydroxyl groups is 1. The Labute approximate surface area is 255 Å². The highest BCUT2D eigenvalue weighted by Crippen LogP contribution is 2.39. The quantitative estimate of drug-likeness (QED) is 0.0933. The van der Waals surface area contributed by atoms with Crippen molar-refractivity contribution in [2.45, 2.75) is 25.4 Å². The zero-order valence-electron chi connectivity index (χ0n) is 23.7. The third-order valence-corrected chi connectivity index (χ3v) is 9.08. The zero-order chi connectivity index (χ0) is 31.1. The van der Waals surface area contributed by atoms with Crippen molar-refractivity contribution in [3.05, 3.63) is 58.3 Å². The number of hydrogen-bond donors (Lipinski definition) is 3. The van der Waals surface area contributed by atoms with E-state index in [-0.39, 0.29) is 44.9 Å². The first-order valence-electron chi connectivity index (χ1n) is 13.3. The standard InChI is InChI=1S/C31H32O10S2/c1-4-17-9-18-12-28(21(32)5-6-30(34)35)42-26(18)14-23(17)41-8-7-40-16-20(31(36)37)10-22(33)29-13-19-11-24(38-2)25(39-3)15-27(19)43-29/h4,9,11-15,20,22,33H,1,5-8,10,16H2,2-3H3,(H,34,35)(H,36,37). The Hall–Kier alpha value is -3.97. The maximum atomic E-state index is 12.4. The number of ether oxygens (including phenoxy) is 4. The Kier molecular flexibility index (Phi) is 10.8. The molecule has 2 aromatic heterocycles. The molecule has 4 rings (SSSR count). The second kappa shape index (κ2) is 14.5. The van der Waals surface area contributed by atoms with Crippen LogP contribution < -0.4 is 14.2 Å². The van der Waals surface area contributed by atoms with Crippen molar-refractivity contribution in [3.8, 4) is 17.2 Å². The van der Waals surface area contributed by atoms with E-state index < -0.39 is 24.0 Å². The highest BCUT2D eigenvalue weighted by Gasteiger charge is 2.24. The predicted octanol–water partition coefficient (Wildman–Crippen LogP) is 6.04. The van der Waals surface area contributed by atoms with Crippen LogP contribution in [0.1, 0.15) is 45.5 Å². The fraction of sp³-hybridized carbons (Fsp3) is 0.323. The summed E-state index contributed by atoms with van der Waals surface area (Å²) in [6.07, 6.45) is 0.308. The van der Waals surface area contributed by atoms with Crippen LogP contribution in [-0.2, 0) is 14.3 Å². The number of aliphatic hydroxyl groups excluding tert-OH is 1. The number of hydrogen-bond acceptors (Lipinski definition) is 10. The minimum absolute atomic E-state index is 0.0273. The number of carbonyl (C=O) groups is 3. The number of methoxy groups -OCH3 is 2. The van der Waals surface area contributed by atoms with Gasteiger partial charge < -0.3 is 34.3 Å². The second-order valence-corrected chi connectivity index (χ2v) is 11.9. The van der Waals surface area contributed by atoms with Crippen LogP contribution in [0.4, 0.5) is 0 Å². The maximum Gasteiger partial charge on any atom is 0.308 e. The van der Waals surface area contributed by atoms with Gasteiger partial charge in [0.25, 0.3) is 0 Å². The van der Waals surface area contributed by atoms with Gasteiger partial charge in [0, 0.05) is 32.3 Å². The Morgan fingerprint density at radius 3 is 2.23 bits per heavy atom. The average molecular weight is 629 g/mol. The van der Waals surface area contributed by atoms with E-state index in [4.69, 9.17) is 24.1 Å². The van der Waals surface area contributed by atoms with E-state index in [0.717, 1.165) is 20.2 Å². The summed E-state index contributed by atoms with van der Waals surface area (Å²) < 4.78 is 23.9. The van der Waals surface area contributed by atoms with Gasteiger partial charge in [-0.15, -0.1) is 22.7 Å². The van der Waals surface area contributed by atoms with Gasteiger partial charge in [-0.25, -0.2) is 0 Å². The molecule has 0 bridgehead atoms. The fourth-order valence-electron chi connectivity index (χ4n) is 4.46. The molecule has 0 amide bonds. The van der Waals surface area contributed by atoms with Crippen LogP contribution in [0.5, 0.6) is 17.2 Å². The van der Waals surface area contributed by atoms with Gasteiger partial charge in [-0.05, 0) is 47.5 Å². The molecule has 2 unspecified atom stereocenters. The van der Waals surface area contributed by atoms with Crippen molar-refractivity contribution in [3.63, 3.8) is 0 Å². The molecule has 0 spiro atoms. The number of aliphatic carboxylic acids is 2. The van der Waals surface area contributed by atoms with E-state index in [1.165, 1.54) is 22.7 Å². The van der Waals surface area contributed by atoms with Crippen LogP contribution >= 0.6 is 22.7 Å². The van der Waals surface area contributed by atoms with Crippen LogP contribution in [0.25, 0.3) is 26.2 Å². The van der Waals surface area contributed by atoms with E-state index >= 15 is 0 Å². The van der Waals surface area contributed by atoms with Crippen LogP contribution in [0.3, 0.4) is 0 Å². The van der Waals surface area contributed by atoms with Crippen molar-refractivity contribution in [1.82, 2.24) is 0 Å². The van der Waals surface area contributed by atoms with E-state index in [9.17, 15) is 24.6 Å². The SMILES string of the molecule is C=Cc1cc2cc(C(=O)CCC(=O)O)sc2cc1OCCOCC(CC(O)c1cc2cc(OC)c(OC)cc2s1)C(=O)O. The number of carboxylic acids is 2. The maximum absolute atomic E-state index is 12.4. The van der Waals surface area contributed by atoms with Gasteiger partial charge in [0.1, 0.15) is 12.4 Å². The van der Waals surface area contributed by atoms with Crippen LogP contribution in [0, 0.1) is 5.92 Å². The summed E-state index contributed by atoms with van der Waals surface area (Å²) in [6, 6.07) is 10.8. The van der Waals surface area contributed by atoms with Crippen molar-refractivity contribution in [1.29, 1.82) is 0 Å². The number of ketones is 1. The smallest absolute Gasteiger partial charge is 0.308 e. The monoisotopic (exact) mass is 628 g/mol. The minimum atomic E-state index is -1.07. The lowest BCUT2D eigenvalue weighted by molar-refractivity contribution is -0.145. The number of carboxylic acid groups (broad SMARTS) is 2. The van der Waals surface area contributed by atoms with Gasteiger partial charge in [0.2, 0.25) is 0 Å². The van der Waals surface area contributed by atoms with Crippen molar-refractivity contribution < 1.29 is 48.7 Å². The predicted molar refractivity (Wildman–Crippen MR) is 165 cm³/mol. The highest BCUT2D eigenvalue weighted by atomic mass is 32.1. The van der Waals surface area contributed by atoms with Gasteiger partial charge in [0.15, 0.2) is 17.3 Å². The molecule has 12 heteroatoms. The molecule has 2 heterocycles. The van der Waals surface area contributed by atoms with Gasteiger partial charge in [-0.1, -0.05) is 12.7 Å². The third-order valence-electron chi connectivity index (χ3n) is 6.74. The Balaban J connectivity index is 1.32. The summed E-state index contributed by atoms with van der Waals surface area (Å²) in [5.74, 6) is -1.60. The Morgan fingerprint density at radius 2 is 1.56 bits per heavy atom. The molecule has 2 atom stereocenters. The van der Waals surface area contributed by atoms with Gasteiger partial charge in [-0.2, -0.15) is 0 Å². The summed E-state index contributed by atoms with van der Waals surface area (Å²) in [7, 11) is 3.09. The molecule has 0 fully saturated rings. The van der Waals surface area contributed by atoms with Crippen molar-refractivity contribution >= 4 is 66.6 Å². The van der Waals surface area contributed by atoms with Gasteiger partial charge in [-0.3, -0.25) is 14.4 Å². The molecule has 0 aliphatic heterocycles. The van der Waals surface area contributed by atoms with E-state index in [2.05, 4.69) is 6.58 Å². The molecule has 0 saturated heterocycles. The number of rotatable bonds is 17. The summed E-state index contributed by atoms with van der Waals surface area (Å²) in [5.41, 5.74) is 0.708. The molecular formula is C31H32O10S2. The molecule has 10 nitrogen and oxygen atoms in total. The molecule has 4 aromatic rings. The molecule has 3 N–H and O–H groups in total. The molecular weight excluding hydrogens is 596 g/mol. The number of thiophene rings is 2.